The molecule has 3 rings (SSSR count). The summed E-state index contributed by atoms with van der Waals surface area (Å²) in [7, 11) is 1.54. The lowest BCUT2D eigenvalue weighted by molar-refractivity contribution is 0.112. The lowest BCUT2D eigenvalue weighted by atomic mass is 10.2. The molecule has 1 aromatic heterocycles. The summed E-state index contributed by atoms with van der Waals surface area (Å²) in [6.45, 7) is 0.297. The van der Waals surface area contributed by atoms with Gasteiger partial charge in [0, 0.05) is 5.56 Å². The first-order valence-corrected chi connectivity index (χ1v) is 6.50. The van der Waals surface area contributed by atoms with Crippen molar-refractivity contribution >= 4 is 17.3 Å². The molecule has 0 saturated heterocycles. The van der Waals surface area contributed by atoms with Gasteiger partial charge in [0.2, 0.25) is 0 Å². The number of nitrogens with zero attached hydrogens (tertiary/aromatic N) is 1. The highest BCUT2D eigenvalue weighted by Gasteiger charge is 2.08. The molecule has 0 atom stereocenters. The maximum atomic E-state index is 10.8. The smallest absolute Gasteiger partial charge is 0.161 e. The molecule has 0 amide bonds. The van der Waals surface area contributed by atoms with Crippen molar-refractivity contribution in [2.75, 3.05) is 7.11 Å². The van der Waals surface area contributed by atoms with Crippen molar-refractivity contribution in [1.82, 2.24) is 9.97 Å². The zero-order valence-electron chi connectivity index (χ0n) is 11.5. The number of H-pyrrole nitrogens is 1. The van der Waals surface area contributed by atoms with Crippen LogP contribution in [0, 0.1) is 0 Å². The maximum Gasteiger partial charge on any atom is 0.161 e. The lowest BCUT2D eigenvalue weighted by Crippen LogP contribution is -1.99. The summed E-state index contributed by atoms with van der Waals surface area (Å²) in [5.41, 5.74) is 2.42. The Kier molecular flexibility index (Phi) is 3.55. The molecule has 0 aliphatic heterocycles. The van der Waals surface area contributed by atoms with Crippen LogP contribution in [0.1, 0.15) is 16.2 Å². The second-order valence-electron chi connectivity index (χ2n) is 4.52. The molecule has 0 aliphatic carbocycles. The van der Waals surface area contributed by atoms with Gasteiger partial charge in [-0.3, -0.25) is 4.79 Å². The zero-order valence-corrected chi connectivity index (χ0v) is 11.5. The van der Waals surface area contributed by atoms with E-state index in [0.717, 1.165) is 23.1 Å². The molecule has 0 spiro atoms. The lowest BCUT2D eigenvalue weighted by Gasteiger charge is -2.09. The second kappa shape index (κ2) is 5.66. The standard InChI is InChI=1S/C16H14N2O3/c1-20-15-8-11(9-19)6-7-14(15)21-10-16-17-12-4-2-3-5-13(12)18-16/h2-9H,10H2,1H3,(H,17,18). The van der Waals surface area contributed by atoms with Gasteiger partial charge in [0.1, 0.15) is 18.7 Å². The molecule has 0 fully saturated rings. The van der Waals surface area contributed by atoms with E-state index in [1.807, 2.05) is 24.3 Å². The fourth-order valence-corrected chi connectivity index (χ4v) is 2.10. The minimum Gasteiger partial charge on any atom is -0.493 e. The second-order valence-corrected chi connectivity index (χ2v) is 4.52. The van der Waals surface area contributed by atoms with Crippen LogP contribution in [0.3, 0.4) is 0 Å². The van der Waals surface area contributed by atoms with Crippen LogP contribution in [0.25, 0.3) is 11.0 Å². The quantitative estimate of drug-likeness (QED) is 0.731. The van der Waals surface area contributed by atoms with E-state index in [-0.39, 0.29) is 0 Å². The molecular formula is C16H14N2O3. The van der Waals surface area contributed by atoms with Crippen molar-refractivity contribution in [3.05, 3.63) is 53.9 Å². The third-order valence-corrected chi connectivity index (χ3v) is 3.13. The Bertz CT molecular complexity index is 747. The largest absolute Gasteiger partial charge is 0.493 e. The van der Waals surface area contributed by atoms with Gasteiger partial charge in [-0.2, -0.15) is 0 Å². The van der Waals surface area contributed by atoms with E-state index < -0.39 is 0 Å². The van der Waals surface area contributed by atoms with Crippen molar-refractivity contribution in [3.63, 3.8) is 0 Å². The summed E-state index contributed by atoms with van der Waals surface area (Å²) >= 11 is 0. The third-order valence-electron chi connectivity index (χ3n) is 3.13. The van der Waals surface area contributed by atoms with E-state index in [1.54, 1.807) is 18.2 Å². The Morgan fingerprint density at radius 2 is 2.05 bits per heavy atom. The number of aromatic nitrogens is 2. The van der Waals surface area contributed by atoms with Gasteiger partial charge >= 0.3 is 0 Å². The van der Waals surface area contributed by atoms with E-state index in [2.05, 4.69) is 9.97 Å². The van der Waals surface area contributed by atoms with Crippen molar-refractivity contribution < 1.29 is 14.3 Å². The fraction of sp³-hybridized carbons (Fsp3) is 0.125. The van der Waals surface area contributed by atoms with Crippen LogP contribution in [0.2, 0.25) is 0 Å². The number of imidazole rings is 1. The summed E-state index contributed by atoms with van der Waals surface area (Å²) in [6.07, 6.45) is 0.769. The van der Waals surface area contributed by atoms with Crippen LogP contribution in [-0.4, -0.2) is 23.4 Å². The Labute approximate surface area is 121 Å². The molecule has 1 N–H and O–H groups in total. The molecule has 21 heavy (non-hydrogen) atoms. The van der Waals surface area contributed by atoms with Gasteiger partial charge in [-0.1, -0.05) is 12.1 Å². The predicted molar refractivity (Wildman–Crippen MR) is 78.8 cm³/mol. The number of methoxy groups -OCH3 is 1. The van der Waals surface area contributed by atoms with E-state index in [1.165, 1.54) is 7.11 Å². The van der Waals surface area contributed by atoms with Crippen LogP contribution in [0.4, 0.5) is 0 Å². The maximum absolute atomic E-state index is 10.8. The first-order chi connectivity index (χ1) is 10.3. The number of aldehydes is 1. The molecule has 0 saturated carbocycles. The van der Waals surface area contributed by atoms with E-state index in [0.29, 0.717) is 23.7 Å². The average Bonchev–Trinajstić information content (AvgIpc) is 2.95. The zero-order chi connectivity index (χ0) is 14.7. The molecule has 5 heteroatoms. The SMILES string of the molecule is COc1cc(C=O)ccc1OCc1nc2ccccc2[nH]1. The molecule has 0 aliphatic rings. The predicted octanol–water partition coefficient (Wildman–Crippen LogP) is 2.96. The number of hydrogen-bond acceptors (Lipinski definition) is 4. The number of nitrogens with one attached hydrogen (secondary N) is 1. The Hall–Kier alpha value is -2.82. The van der Waals surface area contributed by atoms with Crippen molar-refractivity contribution in [1.29, 1.82) is 0 Å². The Morgan fingerprint density at radius 1 is 1.19 bits per heavy atom. The van der Waals surface area contributed by atoms with Gasteiger partial charge in [0.25, 0.3) is 0 Å². The van der Waals surface area contributed by atoms with E-state index >= 15 is 0 Å². The summed E-state index contributed by atoms with van der Waals surface area (Å²) < 4.78 is 10.9. The number of para-hydroxylation sites is 2. The highest BCUT2D eigenvalue weighted by molar-refractivity contribution is 5.76. The third kappa shape index (κ3) is 2.72. The first-order valence-electron chi connectivity index (χ1n) is 6.50. The highest BCUT2D eigenvalue weighted by Crippen LogP contribution is 2.28. The number of benzene rings is 2. The van der Waals surface area contributed by atoms with Crippen LogP contribution >= 0.6 is 0 Å². The molecule has 2 aromatic carbocycles. The van der Waals surface area contributed by atoms with Crippen LogP contribution in [-0.2, 0) is 6.61 Å². The van der Waals surface area contributed by atoms with Gasteiger partial charge < -0.3 is 14.5 Å². The minimum absolute atomic E-state index is 0.297. The van der Waals surface area contributed by atoms with Gasteiger partial charge in [-0.15, -0.1) is 0 Å². The van der Waals surface area contributed by atoms with E-state index in [9.17, 15) is 4.79 Å². The molecule has 5 nitrogen and oxygen atoms in total. The van der Waals surface area contributed by atoms with Gasteiger partial charge in [-0.05, 0) is 30.3 Å². The van der Waals surface area contributed by atoms with Gasteiger partial charge in [0.15, 0.2) is 11.5 Å². The van der Waals surface area contributed by atoms with Crippen molar-refractivity contribution in [2.24, 2.45) is 0 Å². The van der Waals surface area contributed by atoms with Crippen molar-refractivity contribution in [3.8, 4) is 11.5 Å². The minimum atomic E-state index is 0.297. The fourth-order valence-electron chi connectivity index (χ4n) is 2.10. The molecule has 1 heterocycles. The molecular weight excluding hydrogens is 268 g/mol. The topological polar surface area (TPSA) is 64.2 Å². The summed E-state index contributed by atoms with van der Waals surface area (Å²) in [6, 6.07) is 12.8. The number of fused-ring (bicyclic) bond motifs is 1. The number of ether oxygens (including phenoxy) is 2. The molecule has 3 aromatic rings. The number of carbonyl (C=O) groups is 1. The van der Waals surface area contributed by atoms with Gasteiger partial charge in [0.05, 0.1) is 18.1 Å². The number of rotatable bonds is 5. The van der Waals surface area contributed by atoms with Gasteiger partial charge in [-0.25, -0.2) is 4.98 Å². The molecule has 106 valence electrons. The summed E-state index contributed by atoms with van der Waals surface area (Å²) in [4.78, 5) is 18.4. The number of hydrogen-bond donors (Lipinski definition) is 1. The Morgan fingerprint density at radius 3 is 2.81 bits per heavy atom. The average molecular weight is 282 g/mol. The van der Waals surface area contributed by atoms with Crippen LogP contribution in [0.5, 0.6) is 11.5 Å². The van der Waals surface area contributed by atoms with Crippen LogP contribution in [0.15, 0.2) is 42.5 Å². The first kappa shape index (κ1) is 13.2. The summed E-state index contributed by atoms with van der Waals surface area (Å²) in [5.74, 6) is 1.83. The van der Waals surface area contributed by atoms with Crippen molar-refractivity contribution in [2.45, 2.75) is 6.61 Å². The van der Waals surface area contributed by atoms with E-state index in [4.69, 9.17) is 9.47 Å². The summed E-state index contributed by atoms with van der Waals surface area (Å²) in [5, 5.41) is 0. The Balaban J connectivity index is 1.79. The number of aromatic amines is 1. The highest BCUT2D eigenvalue weighted by atomic mass is 16.5. The van der Waals surface area contributed by atoms with Crippen LogP contribution < -0.4 is 9.47 Å². The normalized spacial score (nSPS) is 10.5. The molecule has 0 bridgehead atoms. The number of carbonyl (C=O) groups excluding carboxylic acids is 1. The monoisotopic (exact) mass is 282 g/mol. The molecule has 0 unspecified atom stereocenters. The molecule has 0 radical (unpaired) electrons.